The average Bonchev–Trinajstić information content (AvgIpc) is 3.38. The molecule has 182 valence electrons. The first-order chi connectivity index (χ1) is 15.9. The molecule has 4 rings (SSSR count). The molecule has 1 saturated carbocycles. The van der Waals surface area contributed by atoms with Crippen molar-refractivity contribution in [1.29, 1.82) is 0 Å². The second kappa shape index (κ2) is 9.30. The highest BCUT2D eigenvalue weighted by Crippen LogP contribution is 2.45. The molecule has 2 fully saturated rings. The van der Waals surface area contributed by atoms with Crippen molar-refractivity contribution in [3.05, 3.63) is 45.9 Å². The molecule has 2 heterocycles. The Balaban J connectivity index is 1.41. The van der Waals surface area contributed by atoms with Gasteiger partial charge in [0.1, 0.15) is 5.84 Å². The summed E-state index contributed by atoms with van der Waals surface area (Å²) in [7, 11) is 0. The Hall–Kier alpha value is -2.45. The van der Waals surface area contributed by atoms with Gasteiger partial charge in [-0.3, -0.25) is 9.69 Å². The van der Waals surface area contributed by atoms with E-state index in [0.29, 0.717) is 25.0 Å². The lowest BCUT2D eigenvalue weighted by Gasteiger charge is -2.22. The molecule has 0 bridgehead atoms. The highest BCUT2D eigenvalue weighted by Gasteiger charge is 2.42. The van der Waals surface area contributed by atoms with Gasteiger partial charge in [0, 0.05) is 19.6 Å². The summed E-state index contributed by atoms with van der Waals surface area (Å²) in [5, 5.41) is 2.62. The maximum absolute atomic E-state index is 13.5. The van der Waals surface area contributed by atoms with Crippen LogP contribution in [-0.4, -0.2) is 35.6 Å². The number of fused-ring (bicyclic) bond motifs is 1. The second-order valence-corrected chi connectivity index (χ2v) is 9.72. The SMILES string of the molecule is C#CCNC1=NC(=O)S/C1=C\[C@H]1C[C@@H]2CN(Cc3ccc(C(F)(F)F)cc3C(F)(F)F)C[C@@H]2C1. The summed E-state index contributed by atoms with van der Waals surface area (Å²) >= 11 is 1.04. The molecule has 3 atom stereocenters. The van der Waals surface area contributed by atoms with Gasteiger partial charge in [-0.05, 0) is 60.1 Å². The van der Waals surface area contributed by atoms with E-state index in [0.717, 1.165) is 35.6 Å². The number of rotatable bonds is 4. The zero-order valence-electron chi connectivity index (χ0n) is 17.8. The zero-order valence-corrected chi connectivity index (χ0v) is 18.7. The van der Waals surface area contributed by atoms with Gasteiger partial charge in [-0.1, -0.05) is 18.1 Å². The number of aliphatic imine (C=N–C) groups is 1. The molecule has 1 aromatic rings. The maximum Gasteiger partial charge on any atom is 0.416 e. The minimum absolute atomic E-state index is 0.0527. The molecule has 1 aliphatic carbocycles. The van der Waals surface area contributed by atoms with Crippen LogP contribution in [0.25, 0.3) is 0 Å². The van der Waals surface area contributed by atoms with Crippen LogP contribution >= 0.6 is 11.8 Å². The van der Waals surface area contributed by atoms with Gasteiger partial charge in [-0.15, -0.1) is 6.42 Å². The number of halogens is 6. The van der Waals surface area contributed by atoms with E-state index >= 15 is 0 Å². The quantitative estimate of drug-likeness (QED) is 0.434. The number of nitrogens with one attached hydrogen (secondary N) is 1. The lowest BCUT2D eigenvalue weighted by atomic mass is 10.0. The Morgan fingerprint density at radius 3 is 2.41 bits per heavy atom. The summed E-state index contributed by atoms with van der Waals surface area (Å²) in [6, 6.07) is 1.84. The molecule has 34 heavy (non-hydrogen) atoms. The summed E-state index contributed by atoms with van der Waals surface area (Å²) in [6.07, 6.45) is -0.809. The van der Waals surface area contributed by atoms with Crippen LogP contribution in [-0.2, 0) is 18.9 Å². The predicted molar refractivity (Wildman–Crippen MR) is 117 cm³/mol. The van der Waals surface area contributed by atoms with Gasteiger partial charge in [-0.2, -0.15) is 31.3 Å². The topological polar surface area (TPSA) is 44.7 Å². The van der Waals surface area contributed by atoms with E-state index in [1.165, 1.54) is 0 Å². The summed E-state index contributed by atoms with van der Waals surface area (Å²) in [5.74, 6) is 3.65. The standard InChI is InChI=1S/C23H21F6N3OS/c1-2-5-30-20-19(34-21(33)31-20)8-13-6-15-11-32(12-16(15)7-13)10-14-3-4-17(22(24,25)26)9-18(14)23(27,28)29/h1,3-4,8-9,13,15-16H,5-7,10-12H2,(H,30,31,33)/b19-8-/t13-,15+,16-. The highest BCUT2D eigenvalue weighted by molar-refractivity contribution is 8.18. The molecule has 11 heteroatoms. The Kier molecular flexibility index (Phi) is 6.75. The third-order valence-corrected chi connectivity index (χ3v) is 7.19. The van der Waals surface area contributed by atoms with Crippen LogP contribution in [0.15, 0.2) is 34.2 Å². The third kappa shape index (κ3) is 5.44. The van der Waals surface area contributed by atoms with E-state index in [4.69, 9.17) is 6.42 Å². The van der Waals surface area contributed by atoms with Crippen LogP contribution in [0.3, 0.4) is 0 Å². The molecule has 3 aliphatic rings. The normalized spacial score (nSPS) is 26.6. The van der Waals surface area contributed by atoms with Gasteiger partial charge in [0.2, 0.25) is 0 Å². The Morgan fingerprint density at radius 2 is 1.82 bits per heavy atom. The number of amidine groups is 1. The van der Waals surface area contributed by atoms with E-state index in [2.05, 4.69) is 16.2 Å². The van der Waals surface area contributed by atoms with Crippen molar-refractivity contribution in [3.63, 3.8) is 0 Å². The Morgan fingerprint density at radius 1 is 1.15 bits per heavy atom. The number of thioether (sulfide) groups is 1. The minimum Gasteiger partial charge on any atom is -0.358 e. The fourth-order valence-electron chi connectivity index (χ4n) is 5.00. The van der Waals surface area contributed by atoms with Crippen LogP contribution in [0.5, 0.6) is 0 Å². The van der Waals surface area contributed by atoms with Gasteiger partial charge in [0.25, 0.3) is 0 Å². The van der Waals surface area contributed by atoms with Crippen molar-refractivity contribution >= 4 is 22.8 Å². The predicted octanol–water partition coefficient (Wildman–Crippen LogP) is 5.55. The van der Waals surface area contributed by atoms with Crippen LogP contribution in [0.2, 0.25) is 0 Å². The molecule has 1 saturated heterocycles. The number of terminal acetylenes is 1. The summed E-state index contributed by atoms with van der Waals surface area (Å²) < 4.78 is 79.1. The van der Waals surface area contributed by atoms with E-state index in [1.54, 1.807) is 0 Å². The smallest absolute Gasteiger partial charge is 0.358 e. The lowest BCUT2D eigenvalue weighted by molar-refractivity contribution is -0.143. The number of carbonyl (C=O) groups excluding carboxylic acids is 1. The van der Waals surface area contributed by atoms with Crippen molar-refractivity contribution in [2.24, 2.45) is 22.7 Å². The van der Waals surface area contributed by atoms with Gasteiger partial charge >= 0.3 is 17.6 Å². The van der Waals surface area contributed by atoms with Crippen molar-refractivity contribution in [1.82, 2.24) is 10.2 Å². The van der Waals surface area contributed by atoms with Crippen molar-refractivity contribution in [2.75, 3.05) is 19.6 Å². The molecule has 1 aromatic carbocycles. The highest BCUT2D eigenvalue weighted by atomic mass is 32.2. The number of alkyl halides is 6. The summed E-state index contributed by atoms with van der Waals surface area (Å²) in [5.41, 5.74) is -2.70. The molecule has 1 amide bonds. The molecule has 4 nitrogen and oxygen atoms in total. The third-order valence-electron chi connectivity index (χ3n) is 6.38. The molecule has 0 unspecified atom stereocenters. The number of allylic oxidation sites excluding steroid dienone is 1. The second-order valence-electron chi connectivity index (χ2n) is 8.73. The fourth-order valence-corrected chi connectivity index (χ4v) is 5.80. The van der Waals surface area contributed by atoms with Gasteiger partial charge in [-0.25, -0.2) is 0 Å². The van der Waals surface area contributed by atoms with E-state index in [1.807, 2.05) is 11.0 Å². The van der Waals surface area contributed by atoms with Gasteiger partial charge in [0.15, 0.2) is 0 Å². The number of nitrogens with zero attached hydrogens (tertiary/aromatic N) is 2. The number of amides is 1. The maximum atomic E-state index is 13.5. The number of hydrogen-bond acceptors (Lipinski definition) is 4. The number of likely N-dealkylation sites (tertiary alicyclic amines) is 1. The first kappa shape index (κ1) is 24.7. The van der Waals surface area contributed by atoms with E-state index < -0.39 is 23.5 Å². The number of carbonyl (C=O) groups is 1. The number of benzene rings is 1. The molecule has 0 spiro atoms. The van der Waals surface area contributed by atoms with Crippen molar-refractivity contribution < 1.29 is 31.1 Å². The fraction of sp³-hybridized carbons (Fsp3) is 0.478. The first-order valence-corrected chi connectivity index (χ1v) is 11.5. The lowest BCUT2D eigenvalue weighted by Crippen LogP contribution is -2.24. The largest absolute Gasteiger partial charge is 0.416 e. The molecule has 2 aliphatic heterocycles. The number of hydrogen-bond donors (Lipinski definition) is 1. The average molecular weight is 501 g/mol. The van der Waals surface area contributed by atoms with Crippen molar-refractivity contribution in [3.8, 4) is 12.3 Å². The van der Waals surface area contributed by atoms with E-state index in [9.17, 15) is 31.1 Å². The van der Waals surface area contributed by atoms with Crippen molar-refractivity contribution in [2.45, 2.75) is 31.7 Å². The van der Waals surface area contributed by atoms with Crippen LogP contribution in [0.1, 0.15) is 29.5 Å². The van der Waals surface area contributed by atoms with Crippen LogP contribution in [0.4, 0.5) is 31.1 Å². The molecule has 0 radical (unpaired) electrons. The van der Waals surface area contributed by atoms with Crippen LogP contribution in [0, 0.1) is 30.1 Å². The van der Waals surface area contributed by atoms with Crippen LogP contribution < -0.4 is 5.32 Å². The zero-order chi connectivity index (χ0) is 24.7. The Bertz CT molecular complexity index is 1060. The molecular weight excluding hydrogens is 480 g/mol. The van der Waals surface area contributed by atoms with Gasteiger partial charge in [0.05, 0.1) is 22.6 Å². The first-order valence-electron chi connectivity index (χ1n) is 10.6. The van der Waals surface area contributed by atoms with Gasteiger partial charge < -0.3 is 5.32 Å². The summed E-state index contributed by atoms with van der Waals surface area (Å²) in [4.78, 5) is 18.2. The molecular formula is C23H21F6N3OS. The molecule has 0 aromatic heterocycles. The monoisotopic (exact) mass is 501 g/mol. The van der Waals surface area contributed by atoms with E-state index in [-0.39, 0.29) is 47.7 Å². The molecule has 1 N–H and O–H groups in total. The minimum atomic E-state index is -4.87. The summed E-state index contributed by atoms with van der Waals surface area (Å²) in [6.45, 7) is 1.34. The Labute approximate surface area is 196 Å².